The lowest BCUT2D eigenvalue weighted by molar-refractivity contribution is -0.217. The maximum absolute atomic E-state index is 13.0. The summed E-state index contributed by atoms with van der Waals surface area (Å²) >= 11 is 0. The summed E-state index contributed by atoms with van der Waals surface area (Å²) < 4.78 is 36.0. The highest BCUT2D eigenvalue weighted by Crippen LogP contribution is 2.28. The van der Waals surface area contributed by atoms with Crippen LogP contribution in [0.2, 0.25) is 0 Å². The molecule has 0 radical (unpaired) electrons. The van der Waals surface area contributed by atoms with Gasteiger partial charge in [-0.25, -0.2) is 4.39 Å². The molecule has 0 amide bonds. The topological polar surface area (TPSA) is 36.9 Å². The third-order valence-electron chi connectivity index (χ3n) is 4.38. The second kappa shape index (κ2) is 8.72. The smallest absolute Gasteiger partial charge is 0.183 e. The van der Waals surface area contributed by atoms with Crippen molar-refractivity contribution in [2.24, 2.45) is 11.8 Å². The molecular weight excluding hydrogens is 311 g/mol. The largest absolute Gasteiger partial charge is 0.352 e. The minimum atomic E-state index is -0.398. The van der Waals surface area contributed by atoms with Gasteiger partial charge >= 0.3 is 0 Å². The third kappa shape index (κ3) is 4.86. The van der Waals surface area contributed by atoms with Gasteiger partial charge in [0.05, 0.1) is 26.4 Å². The number of hydrogen-bond donors (Lipinski definition) is 0. The first kappa shape index (κ1) is 17.5. The van der Waals surface area contributed by atoms with E-state index in [1.165, 1.54) is 12.1 Å². The molecule has 0 spiro atoms. The van der Waals surface area contributed by atoms with Crippen molar-refractivity contribution in [3.63, 3.8) is 0 Å². The van der Waals surface area contributed by atoms with Crippen LogP contribution >= 0.6 is 0 Å². The van der Waals surface area contributed by atoms with Gasteiger partial charge in [-0.05, 0) is 31.9 Å². The molecule has 0 saturated carbocycles. The molecule has 2 aliphatic rings. The van der Waals surface area contributed by atoms with Crippen LogP contribution in [-0.4, -0.2) is 32.7 Å². The number of ether oxygens (including phenoxy) is 4. The number of allylic oxidation sites excluding steroid dienone is 1. The standard InChI is InChI=1S/C19H25FO4/c1-2-3-14-10-21-18(22-11-14)9-4-15-12-23-19(24-13-15)16-5-7-17(20)8-6-16/h2-3,5-8,14-15,18-19H,4,9-13H2,1H3/t14-,15-,18-,19-. The average molecular weight is 336 g/mol. The first-order valence-corrected chi connectivity index (χ1v) is 8.59. The van der Waals surface area contributed by atoms with Crippen LogP contribution in [0.1, 0.15) is 31.6 Å². The first-order valence-electron chi connectivity index (χ1n) is 8.59. The highest BCUT2D eigenvalue weighted by molar-refractivity contribution is 5.17. The molecule has 1 aromatic carbocycles. The molecule has 2 fully saturated rings. The maximum atomic E-state index is 13.0. The lowest BCUT2D eigenvalue weighted by Gasteiger charge is -2.32. The SMILES string of the molecule is CC=C[C@H]1CO[C@H](CC[C@H]2CO[C@H](c3ccc(F)cc3)OC2)OC1. The van der Waals surface area contributed by atoms with Crippen molar-refractivity contribution in [1.82, 2.24) is 0 Å². The highest BCUT2D eigenvalue weighted by atomic mass is 19.1. The molecule has 132 valence electrons. The molecule has 24 heavy (non-hydrogen) atoms. The van der Waals surface area contributed by atoms with E-state index in [2.05, 4.69) is 6.08 Å². The number of halogens is 1. The Bertz CT molecular complexity index is 515. The second-order valence-corrected chi connectivity index (χ2v) is 6.38. The Kier molecular flexibility index (Phi) is 6.37. The van der Waals surface area contributed by atoms with E-state index >= 15 is 0 Å². The fourth-order valence-electron chi connectivity index (χ4n) is 3.00. The minimum absolute atomic E-state index is 0.124. The molecule has 0 N–H and O–H groups in total. The Balaban J connectivity index is 1.36. The van der Waals surface area contributed by atoms with E-state index in [1.807, 2.05) is 13.0 Å². The Morgan fingerprint density at radius 2 is 1.62 bits per heavy atom. The van der Waals surface area contributed by atoms with Gasteiger partial charge in [0, 0.05) is 17.4 Å². The van der Waals surface area contributed by atoms with Crippen LogP contribution in [-0.2, 0) is 18.9 Å². The van der Waals surface area contributed by atoms with Gasteiger partial charge < -0.3 is 18.9 Å². The molecule has 2 aliphatic heterocycles. The molecule has 0 unspecified atom stereocenters. The summed E-state index contributed by atoms with van der Waals surface area (Å²) in [7, 11) is 0. The second-order valence-electron chi connectivity index (χ2n) is 6.38. The van der Waals surface area contributed by atoms with E-state index in [4.69, 9.17) is 18.9 Å². The zero-order valence-electron chi connectivity index (χ0n) is 14.0. The van der Waals surface area contributed by atoms with Crippen LogP contribution in [0.25, 0.3) is 0 Å². The highest BCUT2D eigenvalue weighted by Gasteiger charge is 2.26. The predicted octanol–water partition coefficient (Wildman–Crippen LogP) is 3.83. The number of rotatable bonds is 5. The molecule has 5 heteroatoms. The van der Waals surface area contributed by atoms with E-state index < -0.39 is 6.29 Å². The van der Waals surface area contributed by atoms with Gasteiger partial charge in [-0.15, -0.1) is 0 Å². The van der Waals surface area contributed by atoms with E-state index in [0.717, 1.165) is 31.6 Å². The van der Waals surface area contributed by atoms with E-state index in [0.29, 0.717) is 25.0 Å². The van der Waals surface area contributed by atoms with Crippen LogP contribution in [0.3, 0.4) is 0 Å². The Labute approximate surface area is 142 Å². The monoisotopic (exact) mass is 336 g/mol. The molecule has 2 saturated heterocycles. The molecule has 4 nitrogen and oxygen atoms in total. The normalized spacial score (nSPS) is 31.4. The Morgan fingerprint density at radius 3 is 2.25 bits per heavy atom. The lowest BCUT2D eigenvalue weighted by Crippen LogP contribution is -2.33. The van der Waals surface area contributed by atoms with Crippen molar-refractivity contribution in [2.75, 3.05) is 26.4 Å². The molecule has 3 rings (SSSR count). The van der Waals surface area contributed by atoms with Crippen molar-refractivity contribution in [2.45, 2.75) is 32.3 Å². The van der Waals surface area contributed by atoms with Crippen molar-refractivity contribution in [1.29, 1.82) is 0 Å². The summed E-state index contributed by atoms with van der Waals surface area (Å²) in [4.78, 5) is 0. The van der Waals surface area contributed by atoms with E-state index in [1.54, 1.807) is 12.1 Å². The predicted molar refractivity (Wildman–Crippen MR) is 87.8 cm³/mol. The summed E-state index contributed by atoms with van der Waals surface area (Å²) in [5.41, 5.74) is 0.851. The van der Waals surface area contributed by atoms with Crippen LogP contribution in [0.5, 0.6) is 0 Å². The summed E-state index contributed by atoms with van der Waals surface area (Å²) in [6.07, 6.45) is 5.42. The molecular formula is C19H25FO4. The molecule has 0 atom stereocenters. The van der Waals surface area contributed by atoms with Gasteiger partial charge in [-0.1, -0.05) is 24.3 Å². The number of benzene rings is 1. The van der Waals surface area contributed by atoms with E-state index in [9.17, 15) is 4.39 Å². The minimum Gasteiger partial charge on any atom is -0.352 e. The van der Waals surface area contributed by atoms with Crippen LogP contribution < -0.4 is 0 Å². The molecule has 1 aromatic rings. The van der Waals surface area contributed by atoms with Gasteiger partial charge in [0.2, 0.25) is 0 Å². The quantitative estimate of drug-likeness (QED) is 0.766. The summed E-state index contributed by atoms with van der Waals surface area (Å²) in [5.74, 6) is 0.447. The third-order valence-corrected chi connectivity index (χ3v) is 4.38. The molecule has 0 bridgehead atoms. The van der Waals surface area contributed by atoms with Crippen LogP contribution in [0, 0.1) is 17.7 Å². The first-order chi connectivity index (χ1) is 11.7. The van der Waals surface area contributed by atoms with Crippen molar-refractivity contribution >= 4 is 0 Å². The zero-order valence-corrected chi connectivity index (χ0v) is 14.0. The summed E-state index contributed by atoms with van der Waals surface area (Å²) in [6.45, 7) is 4.72. The average Bonchev–Trinajstić information content (AvgIpc) is 2.63. The van der Waals surface area contributed by atoms with Crippen molar-refractivity contribution in [3.05, 3.63) is 47.8 Å². The van der Waals surface area contributed by atoms with Crippen LogP contribution in [0.4, 0.5) is 4.39 Å². The maximum Gasteiger partial charge on any atom is 0.183 e. The van der Waals surface area contributed by atoms with Gasteiger partial charge in [-0.2, -0.15) is 0 Å². The number of hydrogen-bond acceptors (Lipinski definition) is 4. The van der Waals surface area contributed by atoms with Gasteiger partial charge in [0.15, 0.2) is 12.6 Å². The Hall–Kier alpha value is -1.27. The lowest BCUT2D eigenvalue weighted by atomic mass is 10.0. The van der Waals surface area contributed by atoms with Gasteiger partial charge in [0.1, 0.15) is 5.82 Å². The van der Waals surface area contributed by atoms with Gasteiger partial charge in [0.25, 0.3) is 0 Å². The van der Waals surface area contributed by atoms with Gasteiger partial charge in [-0.3, -0.25) is 0 Å². The Morgan fingerprint density at radius 1 is 0.958 bits per heavy atom. The van der Waals surface area contributed by atoms with Crippen LogP contribution in [0.15, 0.2) is 36.4 Å². The summed E-state index contributed by atoms with van der Waals surface area (Å²) in [6, 6.07) is 6.25. The zero-order chi connectivity index (χ0) is 16.8. The van der Waals surface area contributed by atoms with Crippen molar-refractivity contribution < 1.29 is 23.3 Å². The van der Waals surface area contributed by atoms with E-state index in [-0.39, 0.29) is 12.1 Å². The fraction of sp³-hybridized carbons (Fsp3) is 0.579. The summed E-state index contributed by atoms with van der Waals surface area (Å²) in [5, 5.41) is 0. The molecule has 2 heterocycles. The fourth-order valence-corrected chi connectivity index (χ4v) is 3.00. The molecule has 0 aliphatic carbocycles. The van der Waals surface area contributed by atoms with Crippen molar-refractivity contribution in [3.8, 4) is 0 Å². The molecule has 0 aromatic heterocycles.